The van der Waals surface area contributed by atoms with Gasteiger partial charge < -0.3 is 1.43 Å². The molecule has 0 aliphatic heterocycles. The topological polar surface area (TPSA) is 43.4 Å². The Balaban J connectivity index is -0.000000405. The monoisotopic (exact) mass is 188 g/mol. The maximum Gasteiger partial charge on any atom is 1.00 e. The van der Waals surface area contributed by atoms with Gasteiger partial charge >= 0.3 is 29.6 Å². The fraction of sp³-hybridized carbons (Fsp3) is 0.667. The quantitative estimate of drug-likeness (QED) is 0.296. The second-order valence-electron chi connectivity index (χ2n) is 1.83. The molecule has 0 aromatic heterocycles. The summed E-state index contributed by atoms with van der Waals surface area (Å²) in [6.07, 6.45) is 1.68. The van der Waals surface area contributed by atoms with Crippen molar-refractivity contribution in [3.63, 3.8) is 0 Å². The van der Waals surface area contributed by atoms with Crippen LogP contribution in [-0.2, 0) is 14.3 Å². The molecule has 5 heteroatoms. The van der Waals surface area contributed by atoms with Crippen LogP contribution < -0.4 is 29.6 Å². The van der Waals surface area contributed by atoms with E-state index in [9.17, 15) is 8.42 Å². The van der Waals surface area contributed by atoms with Crippen molar-refractivity contribution in [3.8, 4) is 0 Å². The van der Waals surface area contributed by atoms with Crippen molar-refractivity contribution in [3.05, 3.63) is 12.0 Å². The minimum atomic E-state index is -3.43. The summed E-state index contributed by atoms with van der Waals surface area (Å²) < 4.78 is 25.5. The van der Waals surface area contributed by atoms with Crippen LogP contribution in [0.25, 0.3) is 0 Å². The zero-order chi connectivity index (χ0) is 8.04. The van der Waals surface area contributed by atoms with Crippen molar-refractivity contribution < 1.29 is 43.6 Å². The van der Waals surface area contributed by atoms with Gasteiger partial charge in [-0.05, 0) is 6.42 Å². The van der Waals surface area contributed by atoms with Gasteiger partial charge in [0.05, 0.1) is 12.0 Å². The number of hydrogen-bond acceptors (Lipinski definition) is 3. The van der Waals surface area contributed by atoms with E-state index < -0.39 is 10.1 Å². The van der Waals surface area contributed by atoms with Crippen molar-refractivity contribution in [1.29, 1.82) is 0 Å². The van der Waals surface area contributed by atoms with Gasteiger partial charge in [0.1, 0.15) is 0 Å². The first-order chi connectivity index (χ1) is 4.62. The zero-order valence-corrected chi connectivity index (χ0v) is 9.86. The van der Waals surface area contributed by atoms with E-state index in [0.29, 0.717) is 0 Å². The molecule has 3 nitrogen and oxygen atoms in total. The molecule has 0 aliphatic carbocycles. The number of rotatable bonds is 5. The Morgan fingerprint density at radius 3 is 2.55 bits per heavy atom. The SMILES string of the molecule is C=CS(=O)(=O)OCCCC.[H-].[Na+]. The minimum absolute atomic E-state index is 0. The Hall–Kier alpha value is 0.650. The summed E-state index contributed by atoms with van der Waals surface area (Å²) in [5, 5.41) is 0.808. The predicted octanol–water partition coefficient (Wildman–Crippen LogP) is -1.61. The van der Waals surface area contributed by atoms with E-state index in [-0.39, 0.29) is 37.6 Å². The molecule has 0 heterocycles. The molecule has 0 saturated carbocycles. The molecule has 62 valence electrons. The molecule has 0 saturated heterocycles. The van der Waals surface area contributed by atoms with Gasteiger partial charge in [0.15, 0.2) is 0 Å². The van der Waals surface area contributed by atoms with Gasteiger partial charge in [-0.1, -0.05) is 19.9 Å². The standard InChI is InChI=1S/C6H12O3S.Na.H/c1-3-5-6-9-10(7,8)4-2;;/h4H,2-3,5-6H2,1H3;;/q;+1;-1. The largest absolute Gasteiger partial charge is 1.00 e. The van der Waals surface area contributed by atoms with Gasteiger partial charge in [-0.25, -0.2) is 0 Å². The van der Waals surface area contributed by atoms with E-state index in [0.717, 1.165) is 18.2 Å². The number of hydrogen-bond donors (Lipinski definition) is 0. The van der Waals surface area contributed by atoms with E-state index in [2.05, 4.69) is 10.8 Å². The van der Waals surface area contributed by atoms with Gasteiger partial charge in [0.25, 0.3) is 10.1 Å². The maximum atomic E-state index is 10.5. The van der Waals surface area contributed by atoms with Crippen LogP contribution in [0.3, 0.4) is 0 Å². The van der Waals surface area contributed by atoms with Gasteiger partial charge in [-0.2, -0.15) is 8.42 Å². The van der Waals surface area contributed by atoms with Crippen LogP contribution in [0.1, 0.15) is 21.2 Å². The molecule has 0 unspecified atom stereocenters. The molecule has 0 fully saturated rings. The summed E-state index contributed by atoms with van der Waals surface area (Å²) in [4.78, 5) is 0. The second kappa shape index (κ2) is 7.31. The molecule has 11 heavy (non-hydrogen) atoms. The van der Waals surface area contributed by atoms with E-state index in [4.69, 9.17) is 0 Å². The Labute approximate surface area is 91.7 Å². The molecule has 0 spiro atoms. The summed E-state index contributed by atoms with van der Waals surface area (Å²) in [5.74, 6) is 0. The van der Waals surface area contributed by atoms with Crippen LogP contribution in [0.15, 0.2) is 12.0 Å². The summed E-state index contributed by atoms with van der Waals surface area (Å²) in [6.45, 7) is 5.32. The Morgan fingerprint density at radius 1 is 1.64 bits per heavy atom. The molecule has 0 radical (unpaired) electrons. The van der Waals surface area contributed by atoms with Crippen molar-refractivity contribution >= 4 is 10.1 Å². The van der Waals surface area contributed by atoms with E-state index in [1.807, 2.05) is 6.92 Å². The van der Waals surface area contributed by atoms with Gasteiger partial charge in [-0.15, -0.1) is 0 Å². The second-order valence-corrected chi connectivity index (χ2v) is 3.39. The summed E-state index contributed by atoms with van der Waals surface area (Å²) in [6, 6.07) is 0. The molecule has 0 N–H and O–H groups in total. The van der Waals surface area contributed by atoms with Crippen LogP contribution in [0.5, 0.6) is 0 Å². The summed E-state index contributed by atoms with van der Waals surface area (Å²) >= 11 is 0. The van der Waals surface area contributed by atoms with Crippen molar-refractivity contribution in [2.75, 3.05) is 6.61 Å². The normalized spacial score (nSPS) is 10.3. The van der Waals surface area contributed by atoms with E-state index >= 15 is 0 Å². The Morgan fingerprint density at radius 2 is 2.18 bits per heavy atom. The van der Waals surface area contributed by atoms with Gasteiger partial charge in [-0.3, -0.25) is 4.18 Å². The average molecular weight is 188 g/mol. The third-order valence-corrected chi connectivity index (χ3v) is 1.85. The smallest absolute Gasteiger partial charge is 1.00 e. The van der Waals surface area contributed by atoms with Crippen molar-refractivity contribution in [1.82, 2.24) is 0 Å². The Bertz CT molecular complexity index is 191. The van der Waals surface area contributed by atoms with Gasteiger partial charge in [0.2, 0.25) is 0 Å². The van der Waals surface area contributed by atoms with Crippen LogP contribution in [-0.4, -0.2) is 15.0 Å². The molecular weight excluding hydrogens is 175 g/mol. The molecular formula is C6H13NaO3S. The molecule has 0 rings (SSSR count). The van der Waals surface area contributed by atoms with Crippen LogP contribution in [0.2, 0.25) is 0 Å². The number of unbranched alkanes of at least 4 members (excludes halogenated alkanes) is 1. The van der Waals surface area contributed by atoms with E-state index in [1.165, 1.54) is 0 Å². The molecule has 0 atom stereocenters. The average Bonchev–Trinajstić information content (AvgIpc) is 1.89. The molecule has 0 aromatic rings. The predicted molar refractivity (Wildman–Crippen MR) is 41.1 cm³/mol. The van der Waals surface area contributed by atoms with E-state index in [1.54, 1.807) is 0 Å². The van der Waals surface area contributed by atoms with Crippen LogP contribution in [0, 0.1) is 0 Å². The van der Waals surface area contributed by atoms with Crippen LogP contribution in [0.4, 0.5) is 0 Å². The molecule has 0 bridgehead atoms. The van der Waals surface area contributed by atoms with Crippen molar-refractivity contribution in [2.45, 2.75) is 19.8 Å². The molecule has 0 aliphatic rings. The van der Waals surface area contributed by atoms with Gasteiger partial charge in [0, 0.05) is 0 Å². The first-order valence-corrected chi connectivity index (χ1v) is 4.61. The molecule has 0 amide bonds. The summed E-state index contributed by atoms with van der Waals surface area (Å²) in [7, 11) is -3.43. The summed E-state index contributed by atoms with van der Waals surface area (Å²) in [5.41, 5.74) is 0. The Kier molecular flexibility index (Phi) is 9.43. The molecule has 0 aromatic carbocycles. The zero-order valence-electron chi connectivity index (χ0n) is 8.04. The van der Waals surface area contributed by atoms with Crippen molar-refractivity contribution in [2.24, 2.45) is 0 Å². The third kappa shape index (κ3) is 8.56. The van der Waals surface area contributed by atoms with Crippen LogP contribution >= 0.6 is 0 Å². The fourth-order valence-corrected chi connectivity index (χ4v) is 0.814. The first kappa shape index (κ1) is 14.2. The fourth-order valence-electron chi connectivity index (χ4n) is 0.368. The minimum Gasteiger partial charge on any atom is -1.00 e. The maximum absolute atomic E-state index is 10.5. The first-order valence-electron chi connectivity index (χ1n) is 3.14. The third-order valence-electron chi connectivity index (χ3n) is 0.950.